The molecule has 2 heterocycles. The number of nitrogens with two attached hydrogens (primary N) is 1. The number of ether oxygens (including phenoxy) is 1. The lowest BCUT2D eigenvalue weighted by Gasteiger charge is -2.39. The largest absolute Gasteiger partial charge is 0.381 e. The van der Waals surface area contributed by atoms with E-state index in [2.05, 4.69) is 4.90 Å². The van der Waals surface area contributed by atoms with Gasteiger partial charge in [0.1, 0.15) is 0 Å². The van der Waals surface area contributed by atoms with E-state index in [9.17, 15) is 4.79 Å². The number of carbonyl (C=O) groups excluding carboxylic acids is 1. The van der Waals surface area contributed by atoms with Crippen molar-refractivity contribution in [1.29, 1.82) is 0 Å². The smallest absolute Gasteiger partial charge is 0.239 e. The average molecular weight is 323 g/mol. The lowest BCUT2D eigenvalue weighted by atomic mass is 9.89. The van der Waals surface area contributed by atoms with Gasteiger partial charge in [0.15, 0.2) is 0 Å². The van der Waals surface area contributed by atoms with Crippen LogP contribution in [-0.4, -0.2) is 67.7 Å². The number of hydrogen-bond donors (Lipinski definition) is 1. The number of carbonyl (C=O) groups is 1. The molecule has 5 nitrogen and oxygen atoms in total. The van der Waals surface area contributed by atoms with Crippen LogP contribution in [0, 0.1) is 11.8 Å². The molecular formula is C18H33N3O2. The fourth-order valence-corrected chi connectivity index (χ4v) is 4.37. The molecule has 1 amide bonds. The van der Waals surface area contributed by atoms with E-state index < -0.39 is 0 Å². The highest BCUT2D eigenvalue weighted by atomic mass is 16.5. The maximum Gasteiger partial charge on any atom is 0.239 e. The average Bonchev–Trinajstić information content (AvgIpc) is 2.63. The SMILES string of the molecule is NC(C(=O)N1CCN(CC2CCCCC2)CC1)C1CCOCC1. The maximum atomic E-state index is 12.6. The Hall–Kier alpha value is -0.650. The van der Waals surface area contributed by atoms with Crippen molar-refractivity contribution < 1.29 is 9.53 Å². The first kappa shape index (κ1) is 17.2. The highest BCUT2D eigenvalue weighted by Crippen LogP contribution is 2.25. The summed E-state index contributed by atoms with van der Waals surface area (Å²) in [5.41, 5.74) is 6.25. The second-order valence-corrected chi connectivity index (χ2v) is 7.61. The fourth-order valence-electron chi connectivity index (χ4n) is 4.37. The standard InChI is InChI=1S/C18H33N3O2/c19-17(16-6-12-23-13-7-16)18(22)21-10-8-20(9-11-21)14-15-4-2-1-3-5-15/h15-17H,1-14,19H2. The molecule has 5 heteroatoms. The zero-order chi connectivity index (χ0) is 16.1. The molecule has 3 rings (SSSR count). The van der Waals surface area contributed by atoms with Gasteiger partial charge in [-0.1, -0.05) is 19.3 Å². The summed E-state index contributed by atoms with van der Waals surface area (Å²) in [4.78, 5) is 17.2. The van der Waals surface area contributed by atoms with Gasteiger partial charge >= 0.3 is 0 Å². The third-order valence-corrected chi connectivity index (χ3v) is 5.98. The summed E-state index contributed by atoms with van der Waals surface area (Å²) in [5.74, 6) is 1.35. The number of piperazine rings is 1. The van der Waals surface area contributed by atoms with Crippen LogP contribution in [0.4, 0.5) is 0 Å². The predicted molar refractivity (Wildman–Crippen MR) is 91.1 cm³/mol. The number of nitrogens with zero attached hydrogens (tertiary/aromatic N) is 2. The number of hydrogen-bond acceptors (Lipinski definition) is 4. The van der Waals surface area contributed by atoms with Crippen molar-refractivity contribution >= 4 is 5.91 Å². The number of rotatable bonds is 4. The zero-order valence-corrected chi connectivity index (χ0v) is 14.4. The lowest BCUT2D eigenvalue weighted by Crippen LogP contribution is -2.55. The molecule has 1 saturated carbocycles. The Labute approximate surface area is 140 Å². The van der Waals surface area contributed by atoms with Crippen molar-refractivity contribution in [1.82, 2.24) is 9.80 Å². The molecule has 0 aromatic carbocycles. The molecule has 0 radical (unpaired) electrons. The molecule has 1 atom stereocenters. The van der Waals surface area contributed by atoms with Gasteiger partial charge in [0, 0.05) is 45.9 Å². The fraction of sp³-hybridized carbons (Fsp3) is 0.944. The molecule has 2 aliphatic heterocycles. The topological polar surface area (TPSA) is 58.8 Å². The summed E-state index contributed by atoms with van der Waals surface area (Å²) in [6.45, 7) is 6.46. The van der Waals surface area contributed by atoms with Gasteiger partial charge in [0.2, 0.25) is 5.91 Å². The van der Waals surface area contributed by atoms with Crippen LogP contribution >= 0.6 is 0 Å². The minimum Gasteiger partial charge on any atom is -0.381 e. The number of amides is 1. The van der Waals surface area contributed by atoms with Crippen LogP contribution in [0.3, 0.4) is 0 Å². The molecule has 1 unspecified atom stereocenters. The van der Waals surface area contributed by atoms with Gasteiger partial charge in [-0.3, -0.25) is 9.69 Å². The van der Waals surface area contributed by atoms with Crippen LogP contribution in [0.25, 0.3) is 0 Å². The highest BCUT2D eigenvalue weighted by molar-refractivity contribution is 5.82. The van der Waals surface area contributed by atoms with E-state index in [1.807, 2.05) is 4.90 Å². The Balaban J connectivity index is 1.41. The normalized spacial score (nSPS) is 27.1. The molecular weight excluding hydrogens is 290 g/mol. The second-order valence-electron chi connectivity index (χ2n) is 7.61. The molecule has 23 heavy (non-hydrogen) atoms. The Morgan fingerprint density at radius 3 is 2.30 bits per heavy atom. The summed E-state index contributed by atoms with van der Waals surface area (Å²) >= 11 is 0. The Kier molecular flexibility index (Phi) is 6.31. The van der Waals surface area contributed by atoms with Gasteiger partial charge in [-0.15, -0.1) is 0 Å². The van der Waals surface area contributed by atoms with Crippen molar-refractivity contribution in [3.05, 3.63) is 0 Å². The van der Waals surface area contributed by atoms with Gasteiger partial charge in [-0.05, 0) is 37.5 Å². The molecule has 0 spiro atoms. The minimum absolute atomic E-state index is 0.161. The molecule has 3 fully saturated rings. The van der Waals surface area contributed by atoms with E-state index in [4.69, 9.17) is 10.5 Å². The second kappa shape index (κ2) is 8.45. The molecule has 0 aromatic heterocycles. The first-order valence-electron chi connectivity index (χ1n) is 9.58. The molecule has 2 N–H and O–H groups in total. The summed E-state index contributed by atoms with van der Waals surface area (Å²) in [6.07, 6.45) is 8.87. The van der Waals surface area contributed by atoms with Crippen molar-refractivity contribution in [3.8, 4) is 0 Å². The Bertz CT molecular complexity index is 370. The van der Waals surface area contributed by atoms with Gasteiger partial charge in [-0.25, -0.2) is 0 Å². The third kappa shape index (κ3) is 4.68. The van der Waals surface area contributed by atoms with Gasteiger partial charge in [0.25, 0.3) is 0 Å². The predicted octanol–water partition coefficient (Wildman–Crippen LogP) is 1.46. The molecule has 2 saturated heterocycles. The summed E-state index contributed by atoms with van der Waals surface area (Å²) in [6, 6.07) is -0.330. The molecule has 0 bridgehead atoms. The van der Waals surface area contributed by atoms with E-state index in [1.165, 1.54) is 38.6 Å². The molecule has 132 valence electrons. The third-order valence-electron chi connectivity index (χ3n) is 5.98. The first-order valence-corrected chi connectivity index (χ1v) is 9.58. The van der Waals surface area contributed by atoms with Crippen LogP contribution in [-0.2, 0) is 9.53 Å². The van der Waals surface area contributed by atoms with E-state index in [-0.39, 0.29) is 11.9 Å². The zero-order valence-electron chi connectivity index (χ0n) is 14.4. The first-order chi connectivity index (χ1) is 11.2. The summed E-state index contributed by atoms with van der Waals surface area (Å²) in [7, 11) is 0. The Morgan fingerprint density at radius 2 is 1.65 bits per heavy atom. The summed E-state index contributed by atoms with van der Waals surface area (Å²) < 4.78 is 5.37. The summed E-state index contributed by atoms with van der Waals surface area (Å²) in [5, 5.41) is 0. The van der Waals surface area contributed by atoms with Gasteiger partial charge in [-0.2, -0.15) is 0 Å². The van der Waals surface area contributed by atoms with Crippen molar-refractivity contribution in [2.75, 3.05) is 45.9 Å². The van der Waals surface area contributed by atoms with Gasteiger partial charge in [0.05, 0.1) is 6.04 Å². The van der Waals surface area contributed by atoms with E-state index in [1.54, 1.807) is 0 Å². The van der Waals surface area contributed by atoms with Gasteiger partial charge < -0.3 is 15.4 Å². The van der Waals surface area contributed by atoms with Crippen LogP contribution in [0.2, 0.25) is 0 Å². The van der Waals surface area contributed by atoms with Crippen LogP contribution in [0.15, 0.2) is 0 Å². The maximum absolute atomic E-state index is 12.6. The van der Waals surface area contributed by atoms with Crippen LogP contribution in [0.5, 0.6) is 0 Å². The lowest BCUT2D eigenvalue weighted by molar-refractivity contribution is -0.136. The van der Waals surface area contributed by atoms with E-state index >= 15 is 0 Å². The highest BCUT2D eigenvalue weighted by Gasteiger charge is 2.31. The quantitative estimate of drug-likeness (QED) is 0.851. The van der Waals surface area contributed by atoms with Crippen molar-refractivity contribution in [3.63, 3.8) is 0 Å². The van der Waals surface area contributed by atoms with Crippen LogP contribution < -0.4 is 5.73 Å². The molecule has 1 aliphatic carbocycles. The van der Waals surface area contributed by atoms with E-state index in [0.717, 1.165) is 58.2 Å². The Morgan fingerprint density at radius 1 is 1.00 bits per heavy atom. The molecule has 0 aromatic rings. The monoisotopic (exact) mass is 323 g/mol. The molecule has 3 aliphatic rings. The van der Waals surface area contributed by atoms with E-state index in [0.29, 0.717) is 5.92 Å². The van der Waals surface area contributed by atoms with Crippen molar-refractivity contribution in [2.24, 2.45) is 17.6 Å². The minimum atomic E-state index is -0.330. The van der Waals surface area contributed by atoms with Crippen molar-refractivity contribution in [2.45, 2.75) is 51.0 Å². The van der Waals surface area contributed by atoms with Crippen LogP contribution in [0.1, 0.15) is 44.9 Å².